The lowest BCUT2D eigenvalue weighted by molar-refractivity contribution is 0.0764. The van der Waals surface area contributed by atoms with Crippen LogP contribution in [-0.4, -0.2) is 47.9 Å². The average Bonchev–Trinajstić information content (AvgIpc) is 3.19. The molecule has 0 saturated heterocycles. The Hall–Kier alpha value is -2.99. The Balaban J connectivity index is 2.18. The third kappa shape index (κ3) is 4.22. The molecule has 0 N–H and O–H groups in total. The number of benzene rings is 2. The smallest absolute Gasteiger partial charge is 0.272 e. The van der Waals surface area contributed by atoms with E-state index in [1.165, 1.54) is 0 Å². The number of halogens is 1. The first-order chi connectivity index (χ1) is 14.0. The molecule has 0 unspecified atom stereocenters. The number of ether oxygens (including phenoxy) is 2. The zero-order valence-electron chi connectivity index (χ0n) is 17.0. The van der Waals surface area contributed by atoms with Crippen molar-refractivity contribution in [3.63, 3.8) is 0 Å². The van der Waals surface area contributed by atoms with Crippen LogP contribution in [0.25, 0.3) is 16.9 Å². The lowest BCUT2D eigenvalue weighted by atomic mass is 10.1. The van der Waals surface area contributed by atoms with Gasteiger partial charge in [-0.05, 0) is 50.2 Å². The second-order valence-electron chi connectivity index (χ2n) is 6.35. The fraction of sp³-hybridized carbons (Fsp3) is 0.273. The number of carbonyl (C=O) groups is 1. The SMILES string of the molecule is CCN(CC)C(=O)c1cc(-c2ccc(OC)cc2OC)nn1-c1cccc(Cl)c1. The Labute approximate surface area is 175 Å². The van der Waals surface area contributed by atoms with Crippen molar-refractivity contribution in [2.75, 3.05) is 27.3 Å². The molecule has 0 atom stereocenters. The van der Waals surface area contributed by atoms with Crippen LogP contribution in [0.2, 0.25) is 5.02 Å². The van der Waals surface area contributed by atoms with Gasteiger partial charge in [0.25, 0.3) is 5.91 Å². The van der Waals surface area contributed by atoms with Crippen molar-refractivity contribution in [1.29, 1.82) is 0 Å². The number of nitrogens with zero attached hydrogens (tertiary/aromatic N) is 3. The summed E-state index contributed by atoms with van der Waals surface area (Å²) >= 11 is 6.18. The van der Waals surface area contributed by atoms with E-state index in [-0.39, 0.29) is 5.91 Å². The largest absolute Gasteiger partial charge is 0.497 e. The van der Waals surface area contributed by atoms with Crippen LogP contribution in [0.5, 0.6) is 11.5 Å². The molecule has 3 aromatic rings. The molecule has 0 radical (unpaired) electrons. The van der Waals surface area contributed by atoms with Gasteiger partial charge in [0.2, 0.25) is 0 Å². The van der Waals surface area contributed by atoms with Crippen LogP contribution in [0.1, 0.15) is 24.3 Å². The lowest BCUT2D eigenvalue weighted by Gasteiger charge is -2.19. The first-order valence-electron chi connectivity index (χ1n) is 9.40. The van der Waals surface area contributed by atoms with E-state index in [9.17, 15) is 4.79 Å². The van der Waals surface area contributed by atoms with Gasteiger partial charge in [-0.3, -0.25) is 4.79 Å². The second kappa shape index (κ2) is 9.01. The molecule has 0 aliphatic carbocycles. The number of methoxy groups -OCH3 is 2. The van der Waals surface area contributed by atoms with Gasteiger partial charge in [0.15, 0.2) is 0 Å². The first kappa shape index (κ1) is 20.7. The van der Waals surface area contributed by atoms with E-state index in [4.69, 9.17) is 26.2 Å². The van der Waals surface area contributed by atoms with Crippen LogP contribution in [-0.2, 0) is 0 Å². The van der Waals surface area contributed by atoms with E-state index in [2.05, 4.69) is 0 Å². The second-order valence-corrected chi connectivity index (χ2v) is 6.79. The lowest BCUT2D eigenvalue weighted by Crippen LogP contribution is -2.32. The van der Waals surface area contributed by atoms with Crippen molar-refractivity contribution in [2.24, 2.45) is 0 Å². The summed E-state index contributed by atoms with van der Waals surface area (Å²) < 4.78 is 12.4. The Morgan fingerprint density at radius 3 is 2.45 bits per heavy atom. The molecule has 1 aromatic heterocycles. The molecule has 0 spiro atoms. The molecule has 0 saturated carbocycles. The maximum absolute atomic E-state index is 13.2. The molecule has 2 aromatic carbocycles. The monoisotopic (exact) mass is 413 g/mol. The van der Waals surface area contributed by atoms with Gasteiger partial charge in [-0.2, -0.15) is 5.10 Å². The third-order valence-electron chi connectivity index (χ3n) is 4.72. The van der Waals surface area contributed by atoms with Crippen molar-refractivity contribution in [3.05, 3.63) is 59.2 Å². The molecule has 1 heterocycles. The summed E-state index contributed by atoms with van der Waals surface area (Å²) in [6, 6.07) is 14.5. The van der Waals surface area contributed by atoms with Crippen LogP contribution < -0.4 is 9.47 Å². The number of amides is 1. The molecular weight excluding hydrogens is 390 g/mol. The summed E-state index contributed by atoms with van der Waals surface area (Å²) in [5.74, 6) is 1.20. The summed E-state index contributed by atoms with van der Waals surface area (Å²) in [6.45, 7) is 5.12. The van der Waals surface area contributed by atoms with Gasteiger partial charge in [-0.15, -0.1) is 0 Å². The minimum atomic E-state index is -0.0961. The quantitative estimate of drug-likeness (QED) is 0.563. The Kier molecular flexibility index (Phi) is 6.44. The Morgan fingerprint density at radius 1 is 1.07 bits per heavy atom. The number of aromatic nitrogens is 2. The summed E-state index contributed by atoms with van der Waals surface area (Å²) in [5.41, 5.74) is 2.57. The molecule has 0 aliphatic rings. The van der Waals surface area contributed by atoms with Gasteiger partial charge in [-0.25, -0.2) is 4.68 Å². The van der Waals surface area contributed by atoms with Crippen LogP contribution >= 0.6 is 11.6 Å². The maximum atomic E-state index is 13.2. The van der Waals surface area contributed by atoms with E-state index >= 15 is 0 Å². The predicted octanol–water partition coefficient (Wildman–Crippen LogP) is 4.69. The normalized spacial score (nSPS) is 10.7. The molecule has 7 heteroatoms. The fourth-order valence-electron chi connectivity index (χ4n) is 3.15. The van der Waals surface area contributed by atoms with Gasteiger partial charge >= 0.3 is 0 Å². The van der Waals surface area contributed by atoms with E-state index in [1.807, 2.05) is 38.1 Å². The summed E-state index contributed by atoms with van der Waals surface area (Å²) in [4.78, 5) is 14.9. The minimum Gasteiger partial charge on any atom is -0.497 e. The number of rotatable bonds is 7. The Morgan fingerprint density at radius 2 is 1.83 bits per heavy atom. The molecule has 3 rings (SSSR count). The molecule has 6 nitrogen and oxygen atoms in total. The van der Waals surface area contributed by atoms with Gasteiger partial charge in [0.05, 0.1) is 25.6 Å². The van der Waals surface area contributed by atoms with Crippen molar-refractivity contribution in [3.8, 4) is 28.4 Å². The minimum absolute atomic E-state index is 0.0961. The van der Waals surface area contributed by atoms with Crippen molar-refractivity contribution in [1.82, 2.24) is 14.7 Å². The molecule has 29 heavy (non-hydrogen) atoms. The van der Waals surface area contributed by atoms with Crippen molar-refractivity contribution < 1.29 is 14.3 Å². The van der Waals surface area contributed by atoms with Gasteiger partial charge in [0, 0.05) is 29.7 Å². The van der Waals surface area contributed by atoms with Gasteiger partial charge in [0.1, 0.15) is 17.2 Å². The Bertz CT molecular complexity index is 1010. The van der Waals surface area contributed by atoms with Crippen molar-refractivity contribution in [2.45, 2.75) is 13.8 Å². The fourth-order valence-corrected chi connectivity index (χ4v) is 3.34. The molecule has 0 bridgehead atoms. The van der Waals surface area contributed by atoms with Crippen molar-refractivity contribution >= 4 is 17.5 Å². The highest BCUT2D eigenvalue weighted by Crippen LogP contribution is 2.34. The highest BCUT2D eigenvalue weighted by atomic mass is 35.5. The molecule has 0 fully saturated rings. The van der Waals surface area contributed by atoms with E-state index in [0.717, 1.165) is 5.56 Å². The van der Waals surface area contributed by atoms with E-state index in [0.29, 0.717) is 46.7 Å². The highest BCUT2D eigenvalue weighted by molar-refractivity contribution is 6.30. The topological polar surface area (TPSA) is 56.6 Å². The standard InChI is InChI=1S/C22H24ClN3O3/c1-5-25(6-2)22(27)20-14-19(18-11-10-17(28-3)13-21(18)29-4)24-26(20)16-9-7-8-15(23)12-16/h7-14H,5-6H2,1-4H3. The number of hydrogen-bond donors (Lipinski definition) is 0. The summed E-state index contributed by atoms with van der Waals surface area (Å²) in [7, 11) is 3.19. The first-order valence-corrected chi connectivity index (χ1v) is 9.77. The van der Waals surface area contributed by atoms with Crippen LogP contribution in [0.3, 0.4) is 0 Å². The predicted molar refractivity (Wildman–Crippen MR) is 114 cm³/mol. The highest BCUT2D eigenvalue weighted by Gasteiger charge is 2.22. The van der Waals surface area contributed by atoms with Gasteiger partial charge < -0.3 is 14.4 Å². The summed E-state index contributed by atoms with van der Waals surface area (Å²) in [5, 5.41) is 5.29. The molecular formula is C22H24ClN3O3. The molecule has 1 amide bonds. The maximum Gasteiger partial charge on any atom is 0.272 e. The number of hydrogen-bond acceptors (Lipinski definition) is 4. The van der Waals surface area contributed by atoms with E-state index < -0.39 is 0 Å². The summed E-state index contributed by atoms with van der Waals surface area (Å²) in [6.07, 6.45) is 0. The van der Waals surface area contributed by atoms with Crippen LogP contribution in [0, 0.1) is 0 Å². The zero-order chi connectivity index (χ0) is 21.0. The van der Waals surface area contributed by atoms with Crippen LogP contribution in [0.15, 0.2) is 48.5 Å². The molecule has 152 valence electrons. The molecule has 0 aliphatic heterocycles. The third-order valence-corrected chi connectivity index (χ3v) is 4.95. The van der Waals surface area contributed by atoms with Gasteiger partial charge in [-0.1, -0.05) is 17.7 Å². The number of carbonyl (C=O) groups excluding carboxylic acids is 1. The van der Waals surface area contributed by atoms with Crippen LogP contribution in [0.4, 0.5) is 0 Å². The van der Waals surface area contributed by atoms with E-state index in [1.54, 1.807) is 48.1 Å². The average molecular weight is 414 g/mol. The zero-order valence-corrected chi connectivity index (χ0v) is 17.7.